The van der Waals surface area contributed by atoms with Crippen LogP contribution in [0.25, 0.3) is 11.3 Å². The fraction of sp³-hybridized carbons (Fsp3) is 0.360. The number of hydrogen-bond acceptors (Lipinski definition) is 4. The lowest BCUT2D eigenvalue weighted by Crippen LogP contribution is -2.40. The van der Waals surface area contributed by atoms with Gasteiger partial charge < -0.3 is 14.7 Å². The molecule has 1 fully saturated rings. The minimum absolute atomic E-state index is 0.00705. The molecule has 1 aromatic heterocycles. The zero-order chi connectivity index (χ0) is 21.4. The van der Waals surface area contributed by atoms with Crippen LogP contribution >= 0.6 is 0 Å². The number of fused-ring (bicyclic) bond motifs is 1. The van der Waals surface area contributed by atoms with E-state index in [0.717, 1.165) is 48.1 Å². The van der Waals surface area contributed by atoms with Gasteiger partial charge in [-0.1, -0.05) is 55.7 Å². The summed E-state index contributed by atoms with van der Waals surface area (Å²) >= 11 is 0. The molecular formula is C25H27N3O3. The molecule has 6 heteroatoms. The first-order valence-corrected chi connectivity index (χ1v) is 11.1. The third-order valence-electron chi connectivity index (χ3n) is 6.42. The highest BCUT2D eigenvalue weighted by Gasteiger charge is 2.45. The molecule has 0 spiro atoms. The molecule has 2 N–H and O–H groups in total. The number of carbonyl (C=O) groups is 1. The van der Waals surface area contributed by atoms with Crippen LogP contribution in [0.4, 0.5) is 0 Å². The molecule has 160 valence electrons. The predicted molar refractivity (Wildman–Crippen MR) is 118 cm³/mol. The monoisotopic (exact) mass is 417 g/mol. The number of nitrogens with zero attached hydrogens (tertiary/aromatic N) is 2. The van der Waals surface area contributed by atoms with E-state index in [0.29, 0.717) is 18.1 Å². The summed E-state index contributed by atoms with van der Waals surface area (Å²) in [5.41, 5.74) is 4.19. The van der Waals surface area contributed by atoms with Crippen LogP contribution in [0.2, 0.25) is 0 Å². The van der Waals surface area contributed by atoms with Crippen molar-refractivity contribution in [3.63, 3.8) is 0 Å². The lowest BCUT2D eigenvalue weighted by atomic mass is 9.91. The van der Waals surface area contributed by atoms with Gasteiger partial charge in [-0.3, -0.25) is 9.89 Å². The van der Waals surface area contributed by atoms with Crippen LogP contribution in [-0.2, 0) is 0 Å². The zero-order valence-corrected chi connectivity index (χ0v) is 17.7. The zero-order valence-electron chi connectivity index (χ0n) is 17.7. The number of ether oxygens (including phenoxy) is 1. The molecule has 0 bridgehead atoms. The number of amides is 1. The Hall–Kier alpha value is -3.28. The van der Waals surface area contributed by atoms with Crippen molar-refractivity contribution in [2.24, 2.45) is 0 Å². The van der Waals surface area contributed by atoms with Crippen LogP contribution in [0, 0.1) is 0 Å². The van der Waals surface area contributed by atoms with Gasteiger partial charge in [0.15, 0.2) is 11.5 Å². The first-order valence-electron chi connectivity index (χ1n) is 11.1. The third kappa shape index (κ3) is 3.36. The number of rotatable bonds is 5. The Morgan fingerprint density at radius 1 is 1.13 bits per heavy atom. The number of phenolic OH excluding ortho intramolecular Hbond substituents is 1. The quantitative estimate of drug-likeness (QED) is 0.608. The van der Waals surface area contributed by atoms with Gasteiger partial charge in [0.1, 0.15) is 5.69 Å². The van der Waals surface area contributed by atoms with Gasteiger partial charge in [-0.2, -0.15) is 5.10 Å². The second-order valence-electron chi connectivity index (χ2n) is 8.29. The number of carbonyl (C=O) groups excluding carboxylic acids is 1. The molecule has 3 aromatic rings. The highest BCUT2D eigenvalue weighted by Crippen LogP contribution is 2.46. The summed E-state index contributed by atoms with van der Waals surface area (Å²) in [6, 6.07) is 15.3. The minimum atomic E-state index is -0.264. The Morgan fingerprint density at radius 2 is 1.90 bits per heavy atom. The summed E-state index contributed by atoms with van der Waals surface area (Å²) in [5.74, 6) is 0.553. The first kappa shape index (κ1) is 19.7. The smallest absolute Gasteiger partial charge is 0.273 e. The Labute approximate surface area is 181 Å². The SMILES string of the molecule is CCOc1cc(C2c3c(-c4ccccc4)n[nH]c3C(=O)N2C2CCCCC2)ccc1O. The summed E-state index contributed by atoms with van der Waals surface area (Å²) < 4.78 is 5.65. The van der Waals surface area contributed by atoms with E-state index in [9.17, 15) is 9.90 Å². The number of nitrogens with one attached hydrogen (secondary N) is 1. The van der Waals surface area contributed by atoms with Gasteiger partial charge in [0.2, 0.25) is 0 Å². The van der Waals surface area contributed by atoms with E-state index in [4.69, 9.17) is 4.74 Å². The number of aromatic hydroxyl groups is 1. The van der Waals surface area contributed by atoms with Crippen LogP contribution in [0.1, 0.15) is 66.7 Å². The van der Waals surface area contributed by atoms with Crippen molar-refractivity contribution >= 4 is 5.91 Å². The molecule has 1 atom stereocenters. The fourth-order valence-electron chi connectivity index (χ4n) is 5.02. The lowest BCUT2D eigenvalue weighted by Gasteiger charge is -2.36. The summed E-state index contributed by atoms with van der Waals surface area (Å²) in [7, 11) is 0. The maximum absolute atomic E-state index is 13.6. The molecule has 5 rings (SSSR count). The van der Waals surface area contributed by atoms with Crippen LogP contribution in [0.3, 0.4) is 0 Å². The number of hydrogen-bond donors (Lipinski definition) is 2. The van der Waals surface area contributed by atoms with Crippen molar-refractivity contribution in [1.82, 2.24) is 15.1 Å². The van der Waals surface area contributed by atoms with Gasteiger partial charge in [0, 0.05) is 17.2 Å². The number of aromatic amines is 1. The first-order chi connectivity index (χ1) is 15.2. The van der Waals surface area contributed by atoms with Gasteiger partial charge in [0.25, 0.3) is 5.91 Å². The summed E-state index contributed by atoms with van der Waals surface area (Å²) in [5, 5.41) is 17.8. The second kappa shape index (κ2) is 8.10. The molecule has 0 saturated heterocycles. The van der Waals surface area contributed by atoms with E-state index in [1.807, 2.05) is 54.3 Å². The summed E-state index contributed by atoms with van der Waals surface area (Å²) in [4.78, 5) is 15.6. The number of aromatic nitrogens is 2. The van der Waals surface area contributed by atoms with Crippen molar-refractivity contribution in [3.05, 3.63) is 65.4 Å². The number of H-pyrrole nitrogens is 1. The normalized spacial score (nSPS) is 18.9. The van der Waals surface area contributed by atoms with Crippen molar-refractivity contribution in [2.75, 3.05) is 6.61 Å². The summed E-state index contributed by atoms with van der Waals surface area (Å²) in [6.45, 7) is 2.35. The molecule has 6 nitrogen and oxygen atoms in total. The molecule has 31 heavy (non-hydrogen) atoms. The Kier molecular flexibility index (Phi) is 5.14. The van der Waals surface area contributed by atoms with E-state index in [1.165, 1.54) is 6.42 Å². The van der Waals surface area contributed by atoms with Gasteiger partial charge in [-0.25, -0.2) is 0 Å². The topological polar surface area (TPSA) is 78.5 Å². The van der Waals surface area contributed by atoms with Gasteiger partial charge in [0.05, 0.1) is 18.3 Å². The van der Waals surface area contributed by atoms with E-state index < -0.39 is 0 Å². The Morgan fingerprint density at radius 3 is 2.65 bits per heavy atom. The average Bonchev–Trinajstić information content (AvgIpc) is 3.36. The third-order valence-corrected chi connectivity index (χ3v) is 6.42. The molecular weight excluding hydrogens is 390 g/mol. The highest BCUT2D eigenvalue weighted by molar-refractivity contribution is 6.00. The standard InChI is InChI=1S/C25H27N3O3/c1-2-31-20-15-17(13-14-19(20)29)24-21-22(16-9-5-3-6-10-16)26-27-23(21)25(30)28(24)18-11-7-4-8-12-18/h3,5-6,9-10,13-15,18,24,29H,2,4,7-8,11-12H2,1H3,(H,26,27). The fourth-order valence-corrected chi connectivity index (χ4v) is 5.02. The van der Waals surface area contributed by atoms with Crippen molar-refractivity contribution in [2.45, 2.75) is 51.1 Å². The Balaban J connectivity index is 1.66. The number of benzene rings is 2. The van der Waals surface area contributed by atoms with Gasteiger partial charge in [-0.05, 0) is 37.5 Å². The molecule has 1 aliphatic carbocycles. The van der Waals surface area contributed by atoms with Gasteiger partial charge in [-0.15, -0.1) is 0 Å². The van der Waals surface area contributed by atoms with Crippen molar-refractivity contribution in [1.29, 1.82) is 0 Å². The molecule has 0 radical (unpaired) electrons. The molecule has 2 aromatic carbocycles. The minimum Gasteiger partial charge on any atom is -0.504 e. The van der Waals surface area contributed by atoms with Crippen LogP contribution < -0.4 is 4.74 Å². The molecule has 1 amide bonds. The lowest BCUT2D eigenvalue weighted by molar-refractivity contribution is 0.0606. The molecule has 2 aliphatic rings. The van der Waals surface area contributed by atoms with E-state index in [-0.39, 0.29) is 23.7 Å². The van der Waals surface area contributed by atoms with E-state index in [1.54, 1.807) is 6.07 Å². The molecule has 1 aliphatic heterocycles. The molecule has 1 unspecified atom stereocenters. The van der Waals surface area contributed by atoms with Crippen molar-refractivity contribution in [3.8, 4) is 22.8 Å². The Bertz CT molecular complexity index is 1090. The highest BCUT2D eigenvalue weighted by atomic mass is 16.5. The van der Waals surface area contributed by atoms with Crippen LogP contribution in [-0.4, -0.2) is 38.8 Å². The largest absolute Gasteiger partial charge is 0.504 e. The number of phenols is 1. The average molecular weight is 418 g/mol. The van der Waals surface area contributed by atoms with E-state index in [2.05, 4.69) is 10.2 Å². The van der Waals surface area contributed by atoms with Gasteiger partial charge >= 0.3 is 0 Å². The molecule has 2 heterocycles. The maximum atomic E-state index is 13.6. The molecule has 1 saturated carbocycles. The predicted octanol–water partition coefficient (Wildman–Crippen LogP) is 5.06. The van der Waals surface area contributed by atoms with Crippen LogP contribution in [0.15, 0.2) is 48.5 Å². The van der Waals surface area contributed by atoms with Crippen molar-refractivity contribution < 1.29 is 14.6 Å². The van der Waals surface area contributed by atoms with Crippen LogP contribution in [0.5, 0.6) is 11.5 Å². The summed E-state index contributed by atoms with van der Waals surface area (Å²) in [6.07, 6.45) is 5.52. The second-order valence-corrected chi connectivity index (χ2v) is 8.29. The van der Waals surface area contributed by atoms with E-state index >= 15 is 0 Å². The maximum Gasteiger partial charge on any atom is 0.273 e.